The molecule has 1 aliphatic carbocycles. The van der Waals surface area contributed by atoms with E-state index in [2.05, 4.69) is 25.2 Å². The Hall–Kier alpha value is -1.51. The maximum Gasteiger partial charge on any atom is 0.223 e. The summed E-state index contributed by atoms with van der Waals surface area (Å²) in [7, 11) is 1.68. The van der Waals surface area contributed by atoms with E-state index in [0.717, 1.165) is 37.0 Å². The van der Waals surface area contributed by atoms with Crippen LogP contribution in [-0.4, -0.2) is 13.0 Å². The van der Waals surface area contributed by atoms with Gasteiger partial charge in [0.05, 0.1) is 12.6 Å². The van der Waals surface area contributed by atoms with Crippen LogP contribution in [0.25, 0.3) is 0 Å². The first kappa shape index (κ1) is 13.9. The number of carbonyl (C=O) groups is 1. The molecule has 19 heavy (non-hydrogen) atoms. The number of para-hydroxylation sites is 1. The van der Waals surface area contributed by atoms with Crippen molar-refractivity contribution in [2.24, 2.45) is 5.92 Å². The molecule has 1 aromatic rings. The van der Waals surface area contributed by atoms with Gasteiger partial charge in [-0.15, -0.1) is 0 Å². The van der Waals surface area contributed by atoms with Gasteiger partial charge in [-0.1, -0.05) is 32.0 Å². The molecule has 2 rings (SSSR count). The molecule has 0 saturated heterocycles. The van der Waals surface area contributed by atoms with Gasteiger partial charge < -0.3 is 10.1 Å². The van der Waals surface area contributed by atoms with E-state index < -0.39 is 0 Å². The van der Waals surface area contributed by atoms with Crippen LogP contribution in [0.1, 0.15) is 45.1 Å². The molecule has 1 saturated carbocycles. The fourth-order valence-corrected chi connectivity index (χ4v) is 2.62. The van der Waals surface area contributed by atoms with Crippen LogP contribution in [0.4, 0.5) is 0 Å². The molecular formula is C16H23NO2. The molecule has 104 valence electrons. The lowest BCUT2D eigenvalue weighted by Crippen LogP contribution is -2.39. The summed E-state index contributed by atoms with van der Waals surface area (Å²) in [6.07, 6.45) is 3.78. The van der Waals surface area contributed by atoms with E-state index in [1.807, 2.05) is 18.2 Å². The molecule has 0 radical (unpaired) electrons. The topological polar surface area (TPSA) is 38.3 Å². The van der Waals surface area contributed by atoms with Crippen LogP contribution in [-0.2, 0) is 10.3 Å². The quantitative estimate of drug-likeness (QED) is 0.853. The highest BCUT2D eigenvalue weighted by atomic mass is 16.5. The summed E-state index contributed by atoms with van der Waals surface area (Å²) in [5.74, 6) is 1.16. The van der Waals surface area contributed by atoms with Crippen LogP contribution >= 0.6 is 0 Å². The molecule has 0 heterocycles. The second kappa shape index (κ2) is 5.64. The van der Waals surface area contributed by atoms with Crippen molar-refractivity contribution < 1.29 is 9.53 Å². The van der Waals surface area contributed by atoms with Gasteiger partial charge in [0.2, 0.25) is 5.91 Å². The van der Waals surface area contributed by atoms with E-state index in [9.17, 15) is 4.79 Å². The highest BCUT2D eigenvalue weighted by Crippen LogP contribution is 2.49. The zero-order valence-electron chi connectivity index (χ0n) is 12.0. The van der Waals surface area contributed by atoms with E-state index in [4.69, 9.17) is 4.74 Å². The Morgan fingerprint density at radius 3 is 2.47 bits per heavy atom. The summed E-state index contributed by atoms with van der Waals surface area (Å²) in [4.78, 5) is 12.3. The molecule has 1 fully saturated rings. The second-order valence-corrected chi connectivity index (χ2v) is 5.29. The van der Waals surface area contributed by atoms with Gasteiger partial charge in [0.15, 0.2) is 0 Å². The van der Waals surface area contributed by atoms with Gasteiger partial charge in [-0.3, -0.25) is 4.79 Å². The number of amides is 1. The predicted molar refractivity (Wildman–Crippen MR) is 76.1 cm³/mol. The number of benzene rings is 1. The number of ether oxygens (including phenoxy) is 1. The van der Waals surface area contributed by atoms with Crippen LogP contribution in [0.15, 0.2) is 24.3 Å². The fourth-order valence-electron chi connectivity index (χ4n) is 2.62. The Morgan fingerprint density at radius 1 is 1.32 bits per heavy atom. The van der Waals surface area contributed by atoms with Gasteiger partial charge in [-0.05, 0) is 31.7 Å². The molecule has 1 amide bonds. The van der Waals surface area contributed by atoms with Gasteiger partial charge in [0, 0.05) is 11.5 Å². The minimum atomic E-state index is -0.188. The molecule has 0 aliphatic heterocycles. The average Bonchev–Trinajstić information content (AvgIpc) is 3.20. The Balaban J connectivity index is 2.17. The normalized spacial score (nSPS) is 16.2. The summed E-state index contributed by atoms with van der Waals surface area (Å²) in [5.41, 5.74) is 0.920. The lowest BCUT2D eigenvalue weighted by atomic mass is 9.99. The van der Waals surface area contributed by atoms with E-state index in [1.54, 1.807) is 7.11 Å². The lowest BCUT2D eigenvalue weighted by molar-refractivity contribution is -0.126. The summed E-state index contributed by atoms with van der Waals surface area (Å²) in [6.45, 7) is 4.13. The summed E-state index contributed by atoms with van der Waals surface area (Å²) in [5, 5.41) is 3.24. The van der Waals surface area contributed by atoms with Crippen LogP contribution in [0, 0.1) is 5.92 Å². The number of methoxy groups -OCH3 is 1. The van der Waals surface area contributed by atoms with E-state index >= 15 is 0 Å². The first-order chi connectivity index (χ1) is 9.16. The standard InChI is InChI=1S/C16H23NO2/c1-4-12(5-2)15(18)17-16(10-11-16)13-8-6-7-9-14(13)19-3/h6-9,12H,4-5,10-11H2,1-3H3,(H,17,18). The van der Waals surface area contributed by atoms with Crippen molar-refractivity contribution in [3.63, 3.8) is 0 Å². The van der Waals surface area contributed by atoms with Crippen molar-refractivity contribution in [1.29, 1.82) is 0 Å². The van der Waals surface area contributed by atoms with Gasteiger partial charge >= 0.3 is 0 Å². The Morgan fingerprint density at radius 2 is 1.95 bits per heavy atom. The number of nitrogens with one attached hydrogen (secondary N) is 1. The fraction of sp³-hybridized carbons (Fsp3) is 0.562. The number of hydrogen-bond acceptors (Lipinski definition) is 2. The Labute approximate surface area is 115 Å². The zero-order chi connectivity index (χ0) is 13.9. The molecule has 0 unspecified atom stereocenters. The largest absolute Gasteiger partial charge is 0.496 e. The van der Waals surface area contributed by atoms with Crippen molar-refractivity contribution in [1.82, 2.24) is 5.32 Å². The highest BCUT2D eigenvalue weighted by molar-refractivity contribution is 5.80. The van der Waals surface area contributed by atoms with E-state index in [-0.39, 0.29) is 17.4 Å². The molecule has 0 bridgehead atoms. The molecule has 3 nitrogen and oxygen atoms in total. The van der Waals surface area contributed by atoms with Crippen molar-refractivity contribution in [3.05, 3.63) is 29.8 Å². The minimum absolute atomic E-state index is 0.118. The maximum atomic E-state index is 12.3. The van der Waals surface area contributed by atoms with Crippen molar-refractivity contribution in [2.75, 3.05) is 7.11 Å². The van der Waals surface area contributed by atoms with Crippen molar-refractivity contribution >= 4 is 5.91 Å². The second-order valence-electron chi connectivity index (χ2n) is 5.29. The minimum Gasteiger partial charge on any atom is -0.496 e. The highest BCUT2D eigenvalue weighted by Gasteiger charge is 2.47. The van der Waals surface area contributed by atoms with Gasteiger partial charge in [-0.2, -0.15) is 0 Å². The summed E-state index contributed by atoms with van der Waals surface area (Å²) < 4.78 is 5.42. The molecule has 1 aromatic carbocycles. The van der Waals surface area contributed by atoms with Crippen LogP contribution in [0.2, 0.25) is 0 Å². The SMILES string of the molecule is CCC(CC)C(=O)NC1(c2ccccc2OC)CC1. The third-order valence-electron chi connectivity index (χ3n) is 4.09. The number of carbonyl (C=O) groups excluding carboxylic acids is 1. The monoisotopic (exact) mass is 261 g/mol. The smallest absolute Gasteiger partial charge is 0.223 e. The van der Waals surface area contributed by atoms with Crippen LogP contribution in [0.3, 0.4) is 0 Å². The van der Waals surface area contributed by atoms with Crippen molar-refractivity contribution in [2.45, 2.75) is 45.1 Å². The summed E-state index contributed by atoms with van der Waals surface area (Å²) >= 11 is 0. The van der Waals surface area contributed by atoms with Gasteiger partial charge in [0.1, 0.15) is 5.75 Å². The predicted octanol–water partition coefficient (Wildman–Crippen LogP) is 3.24. The van der Waals surface area contributed by atoms with Crippen molar-refractivity contribution in [3.8, 4) is 5.75 Å². The van der Waals surface area contributed by atoms with Gasteiger partial charge in [0.25, 0.3) is 0 Å². The maximum absolute atomic E-state index is 12.3. The lowest BCUT2D eigenvalue weighted by Gasteiger charge is -2.23. The molecule has 1 aliphatic rings. The van der Waals surface area contributed by atoms with E-state index in [1.165, 1.54) is 0 Å². The third-order valence-corrected chi connectivity index (χ3v) is 4.09. The number of rotatable bonds is 6. The number of hydrogen-bond donors (Lipinski definition) is 1. The average molecular weight is 261 g/mol. The third kappa shape index (κ3) is 2.75. The summed E-state index contributed by atoms with van der Waals surface area (Å²) in [6, 6.07) is 7.97. The van der Waals surface area contributed by atoms with E-state index in [0.29, 0.717) is 0 Å². The Bertz CT molecular complexity index is 448. The van der Waals surface area contributed by atoms with Crippen LogP contribution in [0.5, 0.6) is 5.75 Å². The zero-order valence-corrected chi connectivity index (χ0v) is 12.0. The van der Waals surface area contributed by atoms with Gasteiger partial charge in [-0.25, -0.2) is 0 Å². The molecule has 0 atom stereocenters. The first-order valence-corrected chi connectivity index (χ1v) is 7.12. The molecule has 0 aromatic heterocycles. The molecular weight excluding hydrogens is 238 g/mol. The molecule has 1 N–H and O–H groups in total. The molecule has 0 spiro atoms. The Kier molecular flexibility index (Phi) is 4.13. The van der Waals surface area contributed by atoms with Crippen LogP contribution < -0.4 is 10.1 Å². The first-order valence-electron chi connectivity index (χ1n) is 7.12. The molecule has 3 heteroatoms.